The highest BCUT2D eigenvalue weighted by Crippen LogP contribution is 2.34. The van der Waals surface area contributed by atoms with Gasteiger partial charge in [0.25, 0.3) is 0 Å². The first-order chi connectivity index (χ1) is 6.45. The quantitative estimate of drug-likeness (QED) is 0.647. The summed E-state index contributed by atoms with van der Waals surface area (Å²) in [7, 11) is 0. The lowest BCUT2D eigenvalue weighted by molar-refractivity contribution is 0.244. The number of hydrogen-bond donors (Lipinski definition) is 0. The van der Waals surface area contributed by atoms with Crippen LogP contribution in [0.25, 0.3) is 0 Å². The van der Waals surface area contributed by atoms with Gasteiger partial charge in [0.05, 0.1) is 0 Å². The van der Waals surface area contributed by atoms with E-state index in [2.05, 4.69) is 0 Å². The first kappa shape index (κ1) is 12.5. The average Bonchev–Trinajstić information content (AvgIpc) is 2.21. The van der Waals surface area contributed by atoms with Crippen molar-refractivity contribution in [3.8, 4) is 0 Å². The van der Waals surface area contributed by atoms with Crippen molar-refractivity contribution in [1.82, 2.24) is 0 Å². The van der Waals surface area contributed by atoms with Crippen molar-refractivity contribution in [2.24, 2.45) is 11.8 Å². The van der Waals surface area contributed by atoms with E-state index in [1.54, 1.807) is 32.1 Å². The van der Waals surface area contributed by atoms with E-state index >= 15 is 0 Å². The van der Waals surface area contributed by atoms with Gasteiger partial charge in [0.15, 0.2) is 0 Å². The van der Waals surface area contributed by atoms with Crippen LogP contribution in [-0.4, -0.2) is 0 Å². The lowest BCUT2D eigenvalue weighted by Crippen LogP contribution is -2.14. The Kier molecular flexibility index (Phi) is 6.16. The predicted molar refractivity (Wildman–Crippen MR) is 68.1 cm³/mol. The molecule has 0 aromatic carbocycles. The number of halogens is 1. The second kappa shape index (κ2) is 6.87. The van der Waals surface area contributed by atoms with Crippen LogP contribution < -0.4 is 0 Å². The maximum atomic E-state index is 1.58. The van der Waals surface area contributed by atoms with Crippen molar-refractivity contribution >= 4 is 17.0 Å². The maximum Gasteiger partial charge on any atom is -0.0412 e. The third-order valence-corrected chi connectivity index (χ3v) is 4.12. The summed E-state index contributed by atoms with van der Waals surface area (Å²) in [6.45, 7) is 0. The van der Waals surface area contributed by atoms with Crippen LogP contribution in [0.4, 0.5) is 0 Å². The summed E-state index contributed by atoms with van der Waals surface area (Å²) < 4.78 is 0. The summed E-state index contributed by atoms with van der Waals surface area (Å²) in [4.78, 5) is 0. The average molecular weight is 261 g/mol. The third-order valence-electron chi connectivity index (χ3n) is 4.12. The van der Waals surface area contributed by atoms with E-state index in [1.165, 1.54) is 38.5 Å². The largest absolute Gasteiger partial charge is 0.114 e. The lowest BCUT2D eigenvalue weighted by Gasteiger charge is -2.28. The van der Waals surface area contributed by atoms with Crippen LogP contribution in [-0.2, 0) is 0 Å². The minimum atomic E-state index is 0. The molecule has 0 radical (unpaired) electrons. The zero-order chi connectivity index (χ0) is 8.93. The molecule has 0 saturated heterocycles. The maximum absolute atomic E-state index is 1.58. The Morgan fingerprint density at radius 2 is 0.929 bits per heavy atom. The molecule has 0 N–H and O–H groups in total. The summed E-state index contributed by atoms with van der Waals surface area (Å²) >= 11 is 0. The minimum Gasteiger partial charge on any atom is -0.114 e. The summed E-state index contributed by atoms with van der Waals surface area (Å²) in [5.74, 6) is 2.24. The summed E-state index contributed by atoms with van der Waals surface area (Å²) in [6, 6.07) is 0. The molecule has 2 aliphatic rings. The van der Waals surface area contributed by atoms with Gasteiger partial charge >= 0.3 is 0 Å². The smallest absolute Gasteiger partial charge is 0.0412 e. The molecule has 0 aromatic rings. The zero-order valence-electron chi connectivity index (χ0n) is 9.34. The van der Waals surface area contributed by atoms with E-state index in [0.717, 1.165) is 11.8 Å². The van der Waals surface area contributed by atoms with E-state index in [9.17, 15) is 0 Å². The highest BCUT2D eigenvalue weighted by atomic mass is 79.9. The Bertz CT molecular complexity index is 116. The SMILES string of the molecule is Br.C1CCC(CC2CCCCC2)CC1. The molecule has 0 aliphatic heterocycles. The normalized spacial score (nSPS) is 25.7. The van der Waals surface area contributed by atoms with Crippen LogP contribution in [0.15, 0.2) is 0 Å². The van der Waals surface area contributed by atoms with Crippen molar-refractivity contribution in [1.29, 1.82) is 0 Å². The van der Waals surface area contributed by atoms with Crippen LogP contribution in [0.2, 0.25) is 0 Å². The van der Waals surface area contributed by atoms with Gasteiger partial charge in [-0.1, -0.05) is 64.2 Å². The fraction of sp³-hybridized carbons (Fsp3) is 1.00. The molecule has 2 aliphatic carbocycles. The minimum absolute atomic E-state index is 0. The summed E-state index contributed by atoms with van der Waals surface area (Å²) in [6.07, 6.45) is 16.9. The summed E-state index contributed by atoms with van der Waals surface area (Å²) in [5.41, 5.74) is 0. The Morgan fingerprint density at radius 1 is 0.571 bits per heavy atom. The number of hydrogen-bond acceptors (Lipinski definition) is 0. The molecule has 0 spiro atoms. The standard InChI is InChI=1S/C13H24.BrH/c1-3-7-12(8-4-1)11-13-9-5-2-6-10-13;/h12-13H,1-11H2;1H. The molecule has 14 heavy (non-hydrogen) atoms. The molecule has 0 amide bonds. The van der Waals surface area contributed by atoms with E-state index < -0.39 is 0 Å². The van der Waals surface area contributed by atoms with Gasteiger partial charge in [-0.25, -0.2) is 0 Å². The van der Waals surface area contributed by atoms with E-state index in [0.29, 0.717) is 0 Å². The van der Waals surface area contributed by atoms with Crippen molar-refractivity contribution in [3.05, 3.63) is 0 Å². The fourth-order valence-electron chi connectivity index (χ4n) is 3.32. The van der Waals surface area contributed by atoms with E-state index in [4.69, 9.17) is 0 Å². The summed E-state index contributed by atoms with van der Waals surface area (Å²) in [5, 5.41) is 0. The van der Waals surface area contributed by atoms with Gasteiger partial charge in [0.2, 0.25) is 0 Å². The molecule has 2 fully saturated rings. The van der Waals surface area contributed by atoms with Gasteiger partial charge in [0.1, 0.15) is 0 Å². The molecular weight excluding hydrogens is 236 g/mol. The van der Waals surface area contributed by atoms with Gasteiger partial charge in [0, 0.05) is 0 Å². The highest BCUT2D eigenvalue weighted by Gasteiger charge is 2.20. The molecule has 1 heteroatoms. The van der Waals surface area contributed by atoms with Gasteiger partial charge < -0.3 is 0 Å². The molecule has 0 aromatic heterocycles. The molecule has 84 valence electrons. The van der Waals surface area contributed by atoms with E-state index in [1.807, 2.05) is 0 Å². The van der Waals surface area contributed by atoms with Gasteiger partial charge in [-0.3, -0.25) is 0 Å². The molecule has 0 bridgehead atoms. The van der Waals surface area contributed by atoms with E-state index in [-0.39, 0.29) is 17.0 Å². The Hall–Kier alpha value is 0.480. The zero-order valence-corrected chi connectivity index (χ0v) is 11.1. The van der Waals surface area contributed by atoms with Gasteiger partial charge in [-0.2, -0.15) is 0 Å². The second-order valence-corrected chi connectivity index (χ2v) is 5.24. The molecule has 2 rings (SSSR count). The second-order valence-electron chi connectivity index (χ2n) is 5.24. The topological polar surface area (TPSA) is 0 Å². The lowest BCUT2D eigenvalue weighted by atomic mass is 9.78. The monoisotopic (exact) mass is 260 g/mol. The van der Waals surface area contributed by atoms with Gasteiger partial charge in [-0.15, -0.1) is 17.0 Å². The first-order valence-corrected chi connectivity index (χ1v) is 6.45. The van der Waals surface area contributed by atoms with Gasteiger partial charge in [-0.05, 0) is 18.3 Å². The predicted octanol–water partition coefficient (Wildman–Crippen LogP) is 5.12. The molecule has 2 saturated carbocycles. The highest BCUT2D eigenvalue weighted by molar-refractivity contribution is 8.93. The Labute approximate surface area is 99.6 Å². The molecular formula is C13H25Br. The van der Waals surface area contributed by atoms with Crippen molar-refractivity contribution in [2.75, 3.05) is 0 Å². The molecule has 0 unspecified atom stereocenters. The van der Waals surface area contributed by atoms with Crippen LogP contribution in [0.5, 0.6) is 0 Å². The Morgan fingerprint density at radius 3 is 1.29 bits per heavy atom. The van der Waals surface area contributed by atoms with Crippen molar-refractivity contribution < 1.29 is 0 Å². The number of rotatable bonds is 2. The first-order valence-electron chi connectivity index (χ1n) is 6.45. The van der Waals surface area contributed by atoms with Crippen LogP contribution >= 0.6 is 17.0 Å². The van der Waals surface area contributed by atoms with Crippen LogP contribution in [0, 0.1) is 11.8 Å². The fourth-order valence-corrected chi connectivity index (χ4v) is 3.32. The third kappa shape index (κ3) is 3.92. The molecule has 0 atom stereocenters. The molecule has 0 nitrogen and oxygen atoms in total. The van der Waals surface area contributed by atoms with Crippen LogP contribution in [0.3, 0.4) is 0 Å². The Balaban J connectivity index is 0.000000980. The molecule has 0 heterocycles. The van der Waals surface area contributed by atoms with Crippen molar-refractivity contribution in [2.45, 2.75) is 70.6 Å². The van der Waals surface area contributed by atoms with Crippen LogP contribution in [0.1, 0.15) is 70.6 Å². The van der Waals surface area contributed by atoms with Crippen molar-refractivity contribution in [3.63, 3.8) is 0 Å².